The summed E-state index contributed by atoms with van der Waals surface area (Å²) in [7, 11) is 0. The molecule has 0 aliphatic carbocycles. The van der Waals surface area contributed by atoms with Crippen molar-refractivity contribution in [3.63, 3.8) is 0 Å². The number of halogens is 2. The van der Waals surface area contributed by atoms with Crippen LogP contribution >= 0.6 is 34.5 Å². The van der Waals surface area contributed by atoms with Gasteiger partial charge in [-0.2, -0.15) is 0 Å². The Balaban J connectivity index is 2.07. The molecule has 0 saturated carbocycles. The number of hydrogen-bond donors (Lipinski definition) is 2. The lowest BCUT2D eigenvalue weighted by Crippen LogP contribution is -2.19. The maximum atomic E-state index is 11.8. The molecular weight excluding hydrogens is 325 g/mol. The van der Waals surface area contributed by atoms with Gasteiger partial charge in [0.1, 0.15) is 5.00 Å². The number of benzene rings is 1. The second-order valence-electron chi connectivity index (χ2n) is 3.57. The van der Waals surface area contributed by atoms with Gasteiger partial charge in [-0.1, -0.05) is 29.3 Å². The Morgan fingerprint density at radius 3 is 2.35 bits per heavy atom. The highest BCUT2D eigenvalue weighted by Gasteiger charge is 2.13. The van der Waals surface area contributed by atoms with Crippen LogP contribution in [0.25, 0.3) is 0 Å². The highest BCUT2D eigenvalue weighted by atomic mass is 35.5. The predicted molar refractivity (Wildman–Crippen MR) is 80.1 cm³/mol. The molecule has 2 aromatic rings. The summed E-state index contributed by atoms with van der Waals surface area (Å²) in [5.41, 5.74) is 0.277. The van der Waals surface area contributed by atoms with Crippen LogP contribution in [0.4, 0.5) is 20.5 Å². The van der Waals surface area contributed by atoms with Crippen molar-refractivity contribution in [2.24, 2.45) is 0 Å². The average molecular weight is 332 g/mol. The first-order valence-corrected chi connectivity index (χ1v) is 6.81. The van der Waals surface area contributed by atoms with E-state index in [2.05, 4.69) is 10.6 Å². The van der Waals surface area contributed by atoms with Crippen molar-refractivity contribution in [1.29, 1.82) is 0 Å². The van der Waals surface area contributed by atoms with Gasteiger partial charge >= 0.3 is 11.0 Å². The minimum absolute atomic E-state index is 0.0592. The number of nitrogens with one attached hydrogen (secondary N) is 2. The number of hydrogen-bond acceptors (Lipinski definition) is 4. The number of urea groups is 1. The van der Waals surface area contributed by atoms with Crippen LogP contribution in [0.5, 0.6) is 0 Å². The number of nitrogens with zero attached hydrogens (tertiary/aromatic N) is 1. The fourth-order valence-electron chi connectivity index (χ4n) is 1.37. The Morgan fingerprint density at radius 2 is 1.80 bits per heavy atom. The van der Waals surface area contributed by atoms with Gasteiger partial charge in [-0.25, -0.2) is 4.79 Å². The molecule has 9 heteroatoms. The molecule has 6 nitrogen and oxygen atoms in total. The summed E-state index contributed by atoms with van der Waals surface area (Å²) in [5.74, 6) is 0. The summed E-state index contributed by atoms with van der Waals surface area (Å²) in [5, 5.41) is 16.4. The van der Waals surface area contributed by atoms with Crippen LogP contribution in [-0.2, 0) is 0 Å². The molecular formula is C11H7Cl2N3O3S. The molecule has 2 amide bonds. The van der Waals surface area contributed by atoms with Crippen LogP contribution < -0.4 is 10.6 Å². The smallest absolute Gasteiger partial charge is 0.305 e. The molecule has 2 rings (SSSR count). The minimum Gasteiger partial charge on any atom is -0.305 e. The Labute approximate surface area is 127 Å². The lowest BCUT2D eigenvalue weighted by atomic mass is 10.3. The van der Waals surface area contributed by atoms with Crippen molar-refractivity contribution in [2.75, 3.05) is 10.6 Å². The van der Waals surface area contributed by atoms with Crippen LogP contribution in [0, 0.1) is 10.1 Å². The molecule has 0 unspecified atom stereocenters. The number of carbonyl (C=O) groups excluding carboxylic acids is 1. The van der Waals surface area contributed by atoms with Gasteiger partial charge in [0, 0.05) is 6.07 Å². The van der Waals surface area contributed by atoms with Crippen LogP contribution in [0.1, 0.15) is 0 Å². The minimum atomic E-state index is -0.586. The normalized spacial score (nSPS) is 10.1. The van der Waals surface area contributed by atoms with Gasteiger partial charge in [0.05, 0.1) is 20.7 Å². The first kappa shape index (κ1) is 14.6. The second kappa shape index (κ2) is 6.08. The third-order valence-corrected chi connectivity index (χ3v) is 3.79. The van der Waals surface area contributed by atoms with Gasteiger partial charge in [0.15, 0.2) is 0 Å². The lowest BCUT2D eigenvalue weighted by molar-refractivity contribution is -0.380. The van der Waals surface area contributed by atoms with E-state index in [-0.39, 0.29) is 10.7 Å². The van der Waals surface area contributed by atoms with Gasteiger partial charge in [0.25, 0.3) is 0 Å². The molecule has 20 heavy (non-hydrogen) atoms. The van der Waals surface area contributed by atoms with E-state index in [1.807, 2.05) is 0 Å². The Morgan fingerprint density at radius 1 is 1.15 bits per heavy atom. The largest absolute Gasteiger partial charge is 0.326 e. The standard InChI is InChI=1S/C11H7Cl2N3O3S/c12-6-2-1-3-7(13)10(6)15-11(17)14-8-4-5-9(20-8)16(18)19/h1-5H,(H2,14,15,17). The maximum absolute atomic E-state index is 11.8. The quantitative estimate of drug-likeness (QED) is 0.636. The summed E-state index contributed by atoms with van der Waals surface area (Å²) < 4.78 is 0. The molecule has 2 N–H and O–H groups in total. The number of carbonyl (C=O) groups is 1. The summed E-state index contributed by atoms with van der Waals surface area (Å²) >= 11 is 12.7. The van der Waals surface area contributed by atoms with Crippen molar-refractivity contribution in [2.45, 2.75) is 0 Å². The van der Waals surface area contributed by atoms with Crippen molar-refractivity contribution in [1.82, 2.24) is 0 Å². The third-order valence-electron chi connectivity index (χ3n) is 2.21. The Bertz CT molecular complexity index is 654. The van der Waals surface area contributed by atoms with E-state index >= 15 is 0 Å². The molecule has 0 atom stereocenters. The van der Waals surface area contributed by atoms with Gasteiger partial charge in [-0.15, -0.1) is 0 Å². The van der Waals surface area contributed by atoms with Crippen molar-refractivity contribution < 1.29 is 9.72 Å². The van der Waals surface area contributed by atoms with Gasteiger partial charge in [-0.05, 0) is 29.5 Å². The van der Waals surface area contributed by atoms with Crippen molar-refractivity contribution >= 4 is 56.3 Å². The number of thiophene rings is 1. The molecule has 0 bridgehead atoms. The zero-order chi connectivity index (χ0) is 14.7. The number of para-hydroxylation sites is 1. The highest BCUT2D eigenvalue weighted by Crippen LogP contribution is 2.31. The fourth-order valence-corrected chi connectivity index (χ4v) is 2.57. The first-order valence-electron chi connectivity index (χ1n) is 5.23. The van der Waals surface area contributed by atoms with Crippen LogP contribution in [0.15, 0.2) is 30.3 Å². The van der Waals surface area contributed by atoms with Crippen LogP contribution in [-0.4, -0.2) is 11.0 Å². The van der Waals surface area contributed by atoms with E-state index in [9.17, 15) is 14.9 Å². The van der Waals surface area contributed by atoms with Crippen LogP contribution in [0.3, 0.4) is 0 Å². The average Bonchev–Trinajstić information content (AvgIpc) is 2.82. The van der Waals surface area contributed by atoms with E-state index in [0.717, 1.165) is 11.3 Å². The van der Waals surface area contributed by atoms with Crippen molar-refractivity contribution in [3.8, 4) is 0 Å². The molecule has 104 valence electrons. The molecule has 0 aliphatic rings. The van der Waals surface area contributed by atoms with Gasteiger partial charge < -0.3 is 5.32 Å². The van der Waals surface area contributed by atoms with Crippen molar-refractivity contribution in [3.05, 3.63) is 50.5 Å². The van der Waals surface area contributed by atoms with Gasteiger partial charge in [0.2, 0.25) is 0 Å². The number of nitro groups is 1. The Kier molecular flexibility index (Phi) is 4.43. The van der Waals surface area contributed by atoms with E-state index in [0.29, 0.717) is 15.0 Å². The summed E-state index contributed by atoms with van der Waals surface area (Å²) in [6, 6.07) is 6.98. The predicted octanol–water partition coefficient (Wildman–Crippen LogP) is 4.61. The van der Waals surface area contributed by atoms with Gasteiger partial charge in [-0.3, -0.25) is 15.4 Å². The van der Waals surface area contributed by atoms with E-state index in [1.165, 1.54) is 12.1 Å². The lowest BCUT2D eigenvalue weighted by Gasteiger charge is -2.09. The number of amides is 2. The fraction of sp³-hybridized carbons (Fsp3) is 0. The summed E-state index contributed by atoms with van der Waals surface area (Å²) in [6.45, 7) is 0. The second-order valence-corrected chi connectivity index (χ2v) is 5.45. The highest BCUT2D eigenvalue weighted by molar-refractivity contribution is 7.19. The van der Waals surface area contributed by atoms with Crippen LogP contribution in [0.2, 0.25) is 10.0 Å². The zero-order valence-electron chi connectivity index (χ0n) is 9.72. The molecule has 1 aromatic heterocycles. The third kappa shape index (κ3) is 3.38. The molecule has 0 radical (unpaired) electrons. The summed E-state index contributed by atoms with van der Waals surface area (Å²) in [6.07, 6.45) is 0. The SMILES string of the molecule is O=C(Nc1ccc([N+](=O)[O-])s1)Nc1c(Cl)cccc1Cl. The molecule has 0 aliphatic heterocycles. The molecule has 0 spiro atoms. The topological polar surface area (TPSA) is 84.3 Å². The molecule has 0 fully saturated rings. The van der Waals surface area contributed by atoms with E-state index in [4.69, 9.17) is 23.2 Å². The Hall–Kier alpha value is -1.83. The monoisotopic (exact) mass is 331 g/mol. The van der Waals surface area contributed by atoms with E-state index < -0.39 is 11.0 Å². The molecule has 1 heterocycles. The summed E-state index contributed by atoms with van der Waals surface area (Å²) in [4.78, 5) is 21.8. The zero-order valence-corrected chi connectivity index (χ0v) is 12.1. The first-order chi connectivity index (χ1) is 9.47. The van der Waals surface area contributed by atoms with E-state index in [1.54, 1.807) is 18.2 Å². The number of rotatable bonds is 3. The number of anilines is 2. The maximum Gasteiger partial charge on any atom is 0.326 e. The molecule has 1 aromatic carbocycles. The molecule has 0 saturated heterocycles.